The zero-order valence-corrected chi connectivity index (χ0v) is 24.3. The molecular formula is C29H33N7O6. The lowest BCUT2D eigenvalue weighted by atomic mass is 9.89. The summed E-state index contributed by atoms with van der Waals surface area (Å²) in [6.07, 6.45) is 4.09. The molecule has 1 N–H and O–H groups in total. The van der Waals surface area contributed by atoms with Gasteiger partial charge in [-0.25, -0.2) is 14.8 Å². The number of carbonyl (C=O) groups excluding carboxylic acids is 2. The number of ether oxygens (including phenoxy) is 2. The van der Waals surface area contributed by atoms with Crippen molar-refractivity contribution in [3.05, 3.63) is 64.9 Å². The Morgan fingerprint density at radius 2 is 1.88 bits per heavy atom. The third-order valence-electron chi connectivity index (χ3n) is 7.00. The van der Waals surface area contributed by atoms with Gasteiger partial charge < -0.3 is 24.2 Å². The molecular weight excluding hydrogens is 542 g/mol. The number of hydrogen-bond acceptors (Lipinski definition) is 10. The molecule has 0 aromatic carbocycles. The first kappa shape index (κ1) is 28.7. The van der Waals surface area contributed by atoms with Crippen LogP contribution in [0.4, 0.5) is 22.0 Å². The Morgan fingerprint density at radius 3 is 2.52 bits per heavy atom. The van der Waals surface area contributed by atoms with Gasteiger partial charge in [0.2, 0.25) is 5.76 Å². The van der Waals surface area contributed by atoms with Crippen molar-refractivity contribution in [1.82, 2.24) is 25.0 Å². The molecule has 4 aromatic heterocycles. The average molecular weight is 576 g/mol. The van der Waals surface area contributed by atoms with E-state index in [1.54, 1.807) is 88.6 Å². The first-order valence-electron chi connectivity index (χ1n) is 13.5. The number of nitrogens with zero attached hydrogens (tertiary/aromatic N) is 6. The van der Waals surface area contributed by atoms with Crippen LogP contribution in [0.5, 0.6) is 0 Å². The number of methoxy groups -OCH3 is 1. The predicted octanol–water partition coefficient (Wildman–Crippen LogP) is 3.82. The van der Waals surface area contributed by atoms with Crippen LogP contribution in [0, 0.1) is 0 Å². The summed E-state index contributed by atoms with van der Waals surface area (Å²) in [5.74, 6) is 0.0775. The van der Waals surface area contributed by atoms with E-state index in [9.17, 15) is 14.4 Å². The Bertz CT molecular complexity index is 1680. The Balaban J connectivity index is 1.60. The van der Waals surface area contributed by atoms with Gasteiger partial charge in [0.25, 0.3) is 11.5 Å². The van der Waals surface area contributed by atoms with Crippen LogP contribution in [0.15, 0.2) is 58.1 Å². The molecule has 1 fully saturated rings. The quantitative estimate of drug-likeness (QED) is 0.345. The number of carbonyl (C=O) groups is 2. The maximum absolute atomic E-state index is 13.5. The molecule has 4 heterocycles. The fourth-order valence-corrected chi connectivity index (χ4v) is 4.59. The highest BCUT2D eigenvalue weighted by molar-refractivity contribution is 6.07. The van der Waals surface area contributed by atoms with Crippen LogP contribution in [0.1, 0.15) is 44.2 Å². The van der Waals surface area contributed by atoms with Crippen molar-refractivity contribution in [2.24, 2.45) is 0 Å². The molecule has 0 unspecified atom stereocenters. The molecule has 220 valence electrons. The van der Waals surface area contributed by atoms with Gasteiger partial charge in [-0.05, 0) is 57.9 Å². The Hall–Kier alpha value is -4.78. The molecule has 0 saturated heterocycles. The monoisotopic (exact) mass is 575 g/mol. The molecule has 1 aliphatic rings. The highest BCUT2D eigenvalue weighted by Gasteiger charge is 2.34. The van der Waals surface area contributed by atoms with Gasteiger partial charge in [0.05, 0.1) is 17.8 Å². The molecule has 13 nitrogen and oxygen atoms in total. The normalized spacial score (nSPS) is 16.5. The van der Waals surface area contributed by atoms with Gasteiger partial charge in [-0.1, -0.05) is 11.2 Å². The van der Waals surface area contributed by atoms with Gasteiger partial charge in [-0.3, -0.25) is 19.1 Å². The standard InChI is InChI=1S/C29H33N7O6/c1-29(2,3)41-28(39)35(5)19-16-22(34(4)18-10-9-15-36(27(18)38)21-11-7-8-14-30-21)32-24-23(19)33-42-25(24)26(37)31-17-12-13-20(17)40-6/h7-11,14-17,20H,12-13H2,1-6H3,(H,31,37)/t17-,20-/m1/s1. The number of rotatable bonds is 7. The van der Waals surface area contributed by atoms with E-state index in [1.807, 2.05) is 0 Å². The van der Waals surface area contributed by atoms with E-state index in [-0.39, 0.29) is 51.7 Å². The second-order valence-corrected chi connectivity index (χ2v) is 11.0. The van der Waals surface area contributed by atoms with Crippen LogP contribution in [-0.2, 0) is 9.47 Å². The molecule has 0 radical (unpaired) electrons. The zero-order chi connectivity index (χ0) is 30.2. The molecule has 0 spiro atoms. The molecule has 2 amide bonds. The molecule has 1 saturated carbocycles. The minimum absolute atomic E-state index is 0.0917. The van der Waals surface area contributed by atoms with Crippen LogP contribution in [-0.4, -0.2) is 70.6 Å². The smallest absolute Gasteiger partial charge is 0.414 e. The van der Waals surface area contributed by atoms with Gasteiger partial charge >= 0.3 is 6.09 Å². The fourth-order valence-electron chi connectivity index (χ4n) is 4.59. The topological polar surface area (TPSA) is 145 Å². The van der Waals surface area contributed by atoms with E-state index in [0.717, 1.165) is 12.8 Å². The maximum atomic E-state index is 13.5. The van der Waals surface area contributed by atoms with Crippen molar-refractivity contribution in [2.45, 2.75) is 51.4 Å². The summed E-state index contributed by atoms with van der Waals surface area (Å²) >= 11 is 0. The van der Waals surface area contributed by atoms with Gasteiger partial charge in [-0.15, -0.1) is 0 Å². The van der Waals surface area contributed by atoms with Crippen molar-refractivity contribution in [2.75, 3.05) is 31.0 Å². The van der Waals surface area contributed by atoms with Crippen molar-refractivity contribution >= 4 is 40.2 Å². The van der Waals surface area contributed by atoms with E-state index in [1.165, 1.54) is 16.5 Å². The third kappa shape index (κ3) is 5.55. The molecule has 5 rings (SSSR count). The molecule has 2 atom stereocenters. The van der Waals surface area contributed by atoms with Crippen molar-refractivity contribution < 1.29 is 23.6 Å². The highest BCUT2D eigenvalue weighted by Crippen LogP contribution is 2.33. The Kier molecular flexibility index (Phi) is 7.69. The summed E-state index contributed by atoms with van der Waals surface area (Å²) < 4.78 is 17.9. The summed E-state index contributed by atoms with van der Waals surface area (Å²) in [5, 5.41) is 7.02. The molecule has 0 bridgehead atoms. The molecule has 0 aliphatic heterocycles. The predicted molar refractivity (Wildman–Crippen MR) is 156 cm³/mol. The number of amides is 2. The number of fused-ring (bicyclic) bond motifs is 1. The average Bonchev–Trinajstić information content (AvgIpc) is 3.38. The maximum Gasteiger partial charge on any atom is 0.414 e. The minimum atomic E-state index is -0.757. The minimum Gasteiger partial charge on any atom is -0.443 e. The third-order valence-corrected chi connectivity index (χ3v) is 7.00. The number of aromatic nitrogens is 4. The van der Waals surface area contributed by atoms with Crippen molar-refractivity contribution in [3.63, 3.8) is 0 Å². The van der Waals surface area contributed by atoms with Crippen molar-refractivity contribution in [3.8, 4) is 5.82 Å². The Labute approximate surface area is 242 Å². The first-order chi connectivity index (χ1) is 20.0. The zero-order valence-electron chi connectivity index (χ0n) is 24.3. The van der Waals surface area contributed by atoms with Gasteiger partial charge in [0.15, 0.2) is 5.52 Å². The summed E-state index contributed by atoms with van der Waals surface area (Å²) in [7, 11) is 4.78. The lowest BCUT2D eigenvalue weighted by Gasteiger charge is -2.35. The van der Waals surface area contributed by atoms with Crippen LogP contribution in [0.2, 0.25) is 0 Å². The first-order valence-corrected chi connectivity index (χ1v) is 13.5. The van der Waals surface area contributed by atoms with Gasteiger partial charge in [0.1, 0.15) is 28.4 Å². The molecule has 1 aliphatic carbocycles. The molecule has 13 heteroatoms. The second kappa shape index (κ2) is 11.2. The van der Waals surface area contributed by atoms with E-state index >= 15 is 0 Å². The number of pyridine rings is 3. The van der Waals surface area contributed by atoms with E-state index in [2.05, 4.69) is 20.4 Å². The summed E-state index contributed by atoms with van der Waals surface area (Å²) in [6, 6.07) is 10.1. The van der Waals surface area contributed by atoms with Gasteiger partial charge in [-0.2, -0.15) is 0 Å². The molecule has 42 heavy (non-hydrogen) atoms. The SMILES string of the molecule is CO[C@@H]1CC[C@H]1NC(=O)c1onc2c(N(C)C(=O)OC(C)(C)C)cc(N(C)c3cccn(-c4ccccn4)c3=O)nc12. The number of hydrogen-bond donors (Lipinski definition) is 1. The summed E-state index contributed by atoms with van der Waals surface area (Å²) in [6.45, 7) is 5.27. The molecule has 4 aromatic rings. The summed E-state index contributed by atoms with van der Waals surface area (Å²) in [5.41, 5.74) is -0.244. The van der Waals surface area contributed by atoms with E-state index < -0.39 is 17.6 Å². The number of anilines is 3. The van der Waals surface area contributed by atoms with E-state index in [0.29, 0.717) is 5.82 Å². The second-order valence-electron chi connectivity index (χ2n) is 11.0. The lowest BCUT2D eigenvalue weighted by molar-refractivity contribution is 0.00677. The van der Waals surface area contributed by atoms with Crippen LogP contribution in [0.3, 0.4) is 0 Å². The number of nitrogens with one attached hydrogen (secondary N) is 1. The Morgan fingerprint density at radius 1 is 1.10 bits per heavy atom. The lowest BCUT2D eigenvalue weighted by Crippen LogP contribution is -2.51. The summed E-state index contributed by atoms with van der Waals surface area (Å²) in [4.78, 5) is 51.7. The van der Waals surface area contributed by atoms with Crippen LogP contribution < -0.4 is 20.7 Å². The van der Waals surface area contributed by atoms with Crippen LogP contribution >= 0.6 is 0 Å². The largest absolute Gasteiger partial charge is 0.443 e. The van der Waals surface area contributed by atoms with Gasteiger partial charge in [0, 0.05) is 39.7 Å². The van der Waals surface area contributed by atoms with Crippen LogP contribution in [0.25, 0.3) is 16.9 Å². The van der Waals surface area contributed by atoms with Crippen molar-refractivity contribution in [1.29, 1.82) is 0 Å². The highest BCUT2D eigenvalue weighted by atomic mass is 16.6. The van der Waals surface area contributed by atoms with E-state index in [4.69, 9.17) is 14.0 Å². The fraction of sp³-hybridized carbons (Fsp3) is 0.379.